The maximum atomic E-state index is 12.1. The van der Waals surface area contributed by atoms with Gasteiger partial charge in [0.05, 0.1) is 24.4 Å². The number of hydrogen-bond acceptors (Lipinski definition) is 4. The number of carbonyl (C=O) groups is 1. The smallest absolute Gasteiger partial charge is 0.239 e. The van der Waals surface area contributed by atoms with Crippen LogP contribution >= 0.6 is 0 Å². The molecule has 18 heavy (non-hydrogen) atoms. The summed E-state index contributed by atoms with van der Waals surface area (Å²) in [6.07, 6.45) is 0.0779. The number of carbonyl (C=O) groups excluding carboxylic acids is 1. The van der Waals surface area contributed by atoms with Crippen LogP contribution in [-0.2, 0) is 11.3 Å². The van der Waals surface area contributed by atoms with Crippen LogP contribution in [0.3, 0.4) is 0 Å². The van der Waals surface area contributed by atoms with Crippen LogP contribution in [0.4, 0.5) is 0 Å². The van der Waals surface area contributed by atoms with Crippen molar-refractivity contribution >= 4 is 5.91 Å². The summed E-state index contributed by atoms with van der Waals surface area (Å²) in [7, 11) is 1.76. The van der Waals surface area contributed by atoms with E-state index in [1.54, 1.807) is 11.9 Å². The van der Waals surface area contributed by atoms with Crippen molar-refractivity contribution in [2.24, 2.45) is 0 Å². The summed E-state index contributed by atoms with van der Waals surface area (Å²) >= 11 is 0. The summed E-state index contributed by atoms with van der Waals surface area (Å²) in [5.41, 5.74) is 1.83. The maximum absolute atomic E-state index is 12.1. The van der Waals surface area contributed by atoms with Gasteiger partial charge in [0.25, 0.3) is 0 Å². The monoisotopic (exact) mass is 249 g/mol. The largest absolute Gasteiger partial charge is 0.392 e. The zero-order valence-corrected chi connectivity index (χ0v) is 10.8. The number of pyridine rings is 1. The first-order valence-corrected chi connectivity index (χ1v) is 6.15. The predicted octanol–water partition coefficient (Wildman–Crippen LogP) is 0.0712. The molecule has 0 aromatic carbocycles. The Labute approximate surface area is 107 Å². The third-order valence-electron chi connectivity index (χ3n) is 3.13. The molecule has 1 aliphatic rings. The van der Waals surface area contributed by atoms with E-state index in [1.165, 1.54) is 0 Å². The molecule has 5 heteroatoms. The van der Waals surface area contributed by atoms with E-state index < -0.39 is 6.10 Å². The molecule has 0 aliphatic carbocycles. The number of aryl methyl sites for hydroxylation is 1. The molecule has 2 N–H and O–H groups in total. The van der Waals surface area contributed by atoms with Crippen molar-refractivity contribution in [3.8, 4) is 0 Å². The molecule has 0 saturated carbocycles. The fourth-order valence-corrected chi connectivity index (χ4v) is 2.18. The van der Waals surface area contributed by atoms with Gasteiger partial charge in [-0.15, -0.1) is 0 Å². The second-order valence-electron chi connectivity index (χ2n) is 4.81. The third kappa shape index (κ3) is 3.05. The van der Waals surface area contributed by atoms with Crippen LogP contribution in [0.15, 0.2) is 18.2 Å². The Bertz CT molecular complexity index is 436. The van der Waals surface area contributed by atoms with Crippen molar-refractivity contribution in [1.29, 1.82) is 0 Å². The minimum absolute atomic E-state index is 0.00913. The molecule has 0 bridgehead atoms. The summed E-state index contributed by atoms with van der Waals surface area (Å²) < 4.78 is 0. The van der Waals surface area contributed by atoms with Crippen LogP contribution in [0.25, 0.3) is 0 Å². The highest BCUT2D eigenvalue weighted by Gasteiger charge is 2.30. The quantitative estimate of drug-likeness (QED) is 0.795. The molecule has 1 aromatic heterocycles. The van der Waals surface area contributed by atoms with Crippen LogP contribution in [-0.4, -0.2) is 46.6 Å². The third-order valence-corrected chi connectivity index (χ3v) is 3.13. The van der Waals surface area contributed by atoms with E-state index in [-0.39, 0.29) is 11.9 Å². The number of amides is 1. The van der Waals surface area contributed by atoms with Crippen molar-refractivity contribution < 1.29 is 9.90 Å². The normalized spacial score (nSPS) is 23.1. The Kier molecular flexibility index (Phi) is 3.93. The predicted molar refractivity (Wildman–Crippen MR) is 67.9 cm³/mol. The molecule has 1 saturated heterocycles. The summed E-state index contributed by atoms with van der Waals surface area (Å²) in [4.78, 5) is 18.1. The average Bonchev–Trinajstić information content (AvgIpc) is 2.75. The van der Waals surface area contributed by atoms with Gasteiger partial charge in [0.2, 0.25) is 5.91 Å². The first-order valence-electron chi connectivity index (χ1n) is 6.15. The van der Waals surface area contributed by atoms with E-state index in [0.29, 0.717) is 19.5 Å². The number of nitrogens with zero attached hydrogens (tertiary/aromatic N) is 2. The SMILES string of the molecule is Cc1cccc(CN(C)C(=O)C2CC(O)CN2)n1. The zero-order valence-electron chi connectivity index (χ0n) is 10.8. The van der Waals surface area contributed by atoms with Gasteiger partial charge in [-0.05, 0) is 25.5 Å². The average molecular weight is 249 g/mol. The number of hydrogen-bond donors (Lipinski definition) is 2. The van der Waals surface area contributed by atoms with E-state index in [9.17, 15) is 9.90 Å². The van der Waals surface area contributed by atoms with Crippen LogP contribution in [0, 0.1) is 6.92 Å². The second-order valence-corrected chi connectivity index (χ2v) is 4.81. The molecule has 2 atom stereocenters. The highest BCUT2D eigenvalue weighted by molar-refractivity contribution is 5.82. The molecule has 1 aromatic rings. The Hall–Kier alpha value is -1.46. The van der Waals surface area contributed by atoms with Gasteiger partial charge in [0.1, 0.15) is 0 Å². The Morgan fingerprint density at radius 3 is 3.00 bits per heavy atom. The molecular formula is C13H19N3O2. The van der Waals surface area contributed by atoms with Crippen LogP contribution in [0.2, 0.25) is 0 Å². The van der Waals surface area contributed by atoms with E-state index in [1.807, 2.05) is 25.1 Å². The summed E-state index contributed by atoms with van der Waals surface area (Å²) in [6.45, 7) is 2.92. The highest BCUT2D eigenvalue weighted by Crippen LogP contribution is 2.10. The van der Waals surface area contributed by atoms with Gasteiger partial charge in [0, 0.05) is 19.3 Å². The number of β-amino-alcohol motifs (C(OH)–C–C–N with tert-alkyl or cyclic N) is 1. The minimum Gasteiger partial charge on any atom is -0.392 e. The van der Waals surface area contributed by atoms with Crippen molar-refractivity contribution in [3.63, 3.8) is 0 Å². The topological polar surface area (TPSA) is 65.5 Å². The van der Waals surface area contributed by atoms with Gasteiger partial charge >= 0.3 is 0 Å². The van der Waals surface area contributed by atoms with Crippen molar-refractivity contribution in [1.82, 2.24) is 15.2 Å². The Morgan fingerprint density at radius 2 is 2.39 bits per heavy atom. The minimum atomic E-state index is -0.413. The van der Waals surface area contributed by atoms with Crippen molar-refractivity contribution in [3.05, 3.63) is 29.6 Å². The summed E-state index contributed by atoms with van der Waals surface area (Å²) in [5.74, 6) is 0.00913. The number of aliphatic hydroxyl groups is 1. The Balaban J connectivity index is 1.95. The molecule has 1 amide bonds. The van der Waals surface area contributed by atoms with Gasteiger partial charge in [-0.2, -0.15) is 0 Å². The molecule has 0 spiro atoms. The van der Waals surface area contributed by atoms with Crippen molar-refractivity contribution in [2.45, 2.75) is 32.0 Å². The molecule has 2 unspecified atom stereocenters. The molecule has 0 radical (unpaired) electrons. The summed E-state index contributed by atoms with van der Waals surface area (Å²) in [5, 5.41) is 12.4. The number of rotatable bonds is 3. The van der Waals surface area contributed by atoms with E-state index >= 15 is 0 Å². The van der Waals surface area contributed by atoms with E-state index in [0.717, 1.165) is 11.4 Å². The van der Waals surface area contributed by atoms with Gasteiger partial charge in [-0.3, -0.25) is 9.78 Å². The number of aromatic nitrogens is 1. The summed E-state index contributed by atoms with van der Waals surface area (Å²) in [6, 6.07) is 5.51. The first-order chi connectivity index (χ1) is 8.56. The van der Waals surface area contributed by atoms with Crippen molar-refractivity contribution in [2.75, 3.05) is 13.6 Å². The van der Waals surface area contributed by atoms with Crippen LogP contribution < -0.4 is 5.32 Å². The second kappa shape index (κ2) is 5.46. The van der Waals surface area contributed by atoms with Crippen LogP contribution in [0.5, 0.6) is 0 Å². The molecule has 1 fully saturated rings. The lowest BCUT2D eigenvalue weighted by atomic mass is 10.2. The zero-order chi connectivity index (χ0) is 13.1. The molecule has 98 valence electrons. The van der Waals surface area contributed by atoms with E-state index in [4.69, 9.17) is 0 Å². The maximum Gasteiger partial charge on any atom is 0.239 e. The van der Waals surface area contributed by atoms with Crippen LogP contribution in [0.1, 0.15) is 17.8 Å². The highest BCUT2D eigenvalue weighted by atomic mass is 16.3. The van der Waals surface area contributed by atoms with E-state index in [2.05, 4.69) is 10.3 Å². The Morgan fingerprint density at radius 1 is 1.61 bits per heavy atom. The number of likely N-dealkylation sites (N-methyl/N-ethyl adjacent to an activating group) is 1. The molecule has 5 nitrogen and oxygen atoms in total. The standard InChI is InChI=1S/C13H19N3O2/c1-9-4-3-5-10(15-9)8-16(2)13(18)12-6-11(17)7-14-12/h3-5,11-12,14,17H,6-8H2,1-2H3. The van der Waals surface area contributed by atoms with Gasteiger partial charge < -0.3 is 15.3 Å². The van der Waals surface area contributed by atoms with Gasteiger partial charge in [-0.1, -0.05) is 6.07 Å². The molecule has 2 rings (SSSR count). The fourth-order valence-electron chi connectivity index (χ4n) is 2.18. The molecule has 1 aliphatic heterocycles. The molecular weight excluding hydrogens is 230 g/mol. The fraction of sp³-hybridized carbons (Fsp3) is 0.538. The first kappa shape index (κ1) is 13.0. The van der Waals surface area contributed by atoms with Gasteiger partial charge in [-0.25, -0.2) is 0 Å². The lowest BCUT2D eigenvalue weighted by Gasteiger charge is -2.20. The lowest BCUT2D eigenvalue weighted by molar-refractivity contribution is -0.132. The van der Waals surface area contributed by atoms with Gasteiger partial charge in [0.15, 0.2) is 0 Å². The molecule has 2 heterocycles. The number of nitrogens with one attached hydrogen (secondary N) is 1. The number of aliphatic hydroxyl groups excluding tert-OH is 1. The lowest BCUT2D eigenvalue weighted by Crippen LogP contribution is -2.41.